The minimum absolute atomic E-state index is 0.0272. The van der Waals surface area contributed by atoms with Crippen molar-refractivity contribution in [2.24, 2.45) is 0 Å². The molecular weight excluding hydrogens is 280 g/mol. The zero-order chi connectivity index (χ0) is 15.1. The summed E-state index contributed by atoms with van der Waals surface area (Å²) in [6.45, 7) is 5.71. The molecule has 0 aliphatic carbocycles. The van der Waals surface area contributed by atoms with Crippen LogP contribution in [0.4, 0.5) is 5.69 Å². The predicted octanol–water partition coefficient (Wildman–Crippen LogP) is 4.06. The second-order valence-corrected chi connectivity index (χ2v) is 6.13. The van der Waals surface area contributed by atoms with E-state index in [1.165, 1.54) is 9.75 Å². The van der Waals surface area contributed by atoms with Crippen LogP contribution in [0.5, 0.6) is 0 Å². The first-order valence-electron chi connectivity index (χ1n) is 7.43. The van der Waals surface area contributed by atoms with Gasteiger partial charge in [-0.3, -0.25) is 4.79 Å². The summed E-state index contributed by atoms with van der Waals surface area (Å²) in [5.74, 6) is -0.0272. The molecule has 0 aliphatic rings. The maximum absolute atomic E-state index is 12.3. The maximum Gasteiger partial charge on any atom is 0.253 e. The molecule has 1 heterocycles. The number of para-hydroxylation sites is 1. The summed E-state index contributed by atoms with van der Waals surface area (Å²) >= 11 is 1.76. The highest BCUT2D eigenvalue weighted by atomic mass is 32.1. The number of aryl methyl sites for hydroxylation is 1. The summed E-state index contributed by atoms with van der Waals surface area (Å²) in [7, 11) is 0. The van der Waals surface area contributed by atoms with Crippen LogP contribution in [-0.2, 0) is 13.0 Å². The Balaban J connectivity index is 1.99. The fraction of sp³-hybridized carbons (Fsp3) is 0.353. The van der Waals surface area contributed by atoms with Gasteiger partial charge in [-0.25, -0.2) is 0 Å². The quantitative estimate of drug-likeness (QED) is 0.809. The fourth-order valence-corrected chi connectivity index (χ4v) is 2.96. The van der Waals surface area contributed by atoms with E-state index in [9.17, 15) is 4.79 Å². The number of nitrogens with one attached hydrogen (secondary N) is 2. The number of amides is 1. The van der Waals surface area contributed by atoms with Gasteiger partial charge in [-0.1, -0.05) is 26.0 Å². The molecule has 0 saturated carbocycles. The van der Waals surface area contributed by atoms with Gasteiger partial charge in [0, 0.05) is 22.0 Å². The molecule has 1 aromatic heterocycles. The van der Waals surface area contributed by atoms with Crippen molar-refractivity contribution in [2.45, 2.75) is 33.2 Å². The Morgan fingerprint density at radius 3 is 2.57 bits per heavy atom. The molecule has 4 heteroatoms. The predicted molar refractivity (Wildman–Crippen MR) is 90.1 cm³/mol. The average molecular weight is 302 g/mol. The zero-order valence-corrected chi connectivity index (χ0v) is 13.4. The van der Waals surface area contributed by atoms with Crippen molar-refractivity contribution in [2.75, 3.05) is 11.9 Å². The number of rotatable bonds is 7. The first-order valence-corrected chi connectivity index (χ1v) is 8.25. The smallest absolute Gasteiger partial charge is 0.253 e. The number of carbonyl (C=O) groups excluding carboxylic acids is 1. The highest BCUT2D eigenvalue weighted by Crippen LogP contribution is 2.18. The normalized spacial score (nSPS) is 10.4. The molecule has 0 radical (unpaired) electrons. The van der Waals surface area contributed by atoms with Crippen molar-refractivity contribution >= 4 is 22.9 Å². The van der Waals surface area contributed by atoms with Crippen molar-refractivity contribution in [1.29, 1.82) is 0 Å². The van der Waals surface area contributed by atoms with E-state index in [1.807, 2.05) is 24.3 Å². The van der Waals surface area contributed by atoms with E-state index >= 15 is 0 Å². The third-order valence-corrected chi connectivity index (χ3v) is 4.46. The minimum atomic E-state index is -0.0272. The van der Waals surface area contributed by atoms with Crippen LogP contribution in [0.1, 0.15) is 40.4 Å². The van der Waals surface area contributed by atoms with Gasteiger partial charge >= 0.3 is 0 Å². The van der Waals surface area contributed by atoms with Gasteiger partial charge in [0.2, 0.25) is 0 Å². The number of thiophene rings is 1. The maximum atomic E-state index is 12.3. The van der Waals surface area contributed by atoms with Crippen LogP contribution in [0, 0.1) is 0 Å². The molecule has 0 atom stereocenters. The zero-order valence-electron chi connectivity index (χ0n) is 12.6. The van der Waals surface area contributed by atoms with Gasteiger partial charge in [-0.05, 0) is 37.1 Å². The van der Waals surface area contributed by atoms with Crippen LogP contribution in [0.2, 0.25) is 0 Å². The lowest BCUT2D eigenvalue weighted by Gasteiger charge is -2.11. The SMILES string of the molecule is CCCNc1ccccc1C(=O)NCc1ccc(CC)s1. The molecule has 0 bridgehead atoms. The lowest BCUT2D eigenvalue weighted by molar-refractivity contribution is 0.0952. The topological polar surface area (TPSA) is 41.1 Å². The molecule has 0 aliphatic heterocycles. The number of carbonyl (C=O) groups is 1. The van der Waals surface area contributed by atoms with Gasteiger partial charge in [0.1, 0.15) is 0 Å². The summed E-state index contributed by atoms with van der Waals surface area (Å²) in [6.07, 6.45) is 2.08. The van der Waals surface area contributed by atoms with Crippen LogP contribution >= 0.6 is 11.3 Å². The van der Waals surface area contributed by atoms with Crippen molar-refractivity contribution < 1.29 is 4.79 Å². The Hall–Kier alpha value is -1.81. The summed E-state index contributed by atoms with van der Waals surface area (Å²) in [6, 6.07) is 11.9. The summed E-state index contributed by atoms with van der Waals surface area (Å²) in [4.78, 5) is 14.9. The fourth-order valence-electron chi connectivity index (χ4n) is 2.06. The van der Waals surface area contributed by atoms with Crippen LogP contribution in [0.25, 0.3) is 0 Å². The molecule has 112 valence electrons. The Labute approximate surface area is 130 Å². The second-order valence-electron chi connectivity index (χ2n) is 4.88. The van der Waals surface area contributed by atoms with Crippen molar-refractivity contribution in [3.8, 4) is 0 Å². The van der Waals surface area contributed by atoms with Crippen LogP contribution in [0.3, 0.4) is 0 Å². The first-order chi connectivity index (χ1) is 10.2. The van der Waals surface area contributed by atoms with Gasteiger partial charge in [-0.15, -0.1) is 11.3 Å². The molecule has 2 rings (SSSR count). The standard InChI is InChI=1S/C17H22N2OS/c1-3-11-18-16-8-6-5-7-15(16)17(20)19-12-14-10-9-13(4-2)21-14/h5-10,18H,3-4,11-12H2,1-2H3,(H,19,20). The number of hydrogen-bond acceptors (Lipinski definition) is 3. The van der Waals surface area contributed by atoms with Crippen molar-refractivity contribution in [1.82, 2.24) is 5.32 Å². The monoisotopic (exact) mass is 302 g/mol. The molecule has 0 unspecified atom stereocenters. The van der Waals surface area contributed by atoms with Crippen LogP contribution < -0.4 is 10.6 Å². The third-order valence-electron chi connectivity index (χ3n) is 3.23. The lowest BCUT2D eigenvalue weighted by atomic mass is 10.1. The van der Waals surface area contributed by atoms with Crippen LogP contribution in [-0.4, -0.2) is 12.5 Å². The van der Waals surface area contributed by atoms with Gasteiger partial charge in [0.25, 0.3) is 5.91 Å². The Morgan fingerprint density at radius 1 is 1.10 bits per heavy atom. The third kappa shape index (κ3) is 4.33. The summed E-state index contributed by atoms with van der Waals surface area (Å²) in [5.41, 5.74) is 1.61. The van der Waals surface area contributed by atoms with Gasteiger partial charge < -0.3 is 10.6 Å². The highest BCUT2D eigenvalue weighted by molar-refractivity contribution is 7.11. The molecular formula is C17H22N2OS. The minimum Gasteiger partial charge on any atom is -0.384 e. The molecule has 0 saturated heterocycles. The first kappa shape index (κ1) is 15.6. The molecule has 2 N–H and O–H groups in total. The van der Waals surface area contributed by atoms with Crippen molar-refractivity contribution in [3.05, 3.63) is 51.7 Å². The summed E-state index contributed by atoms with van der Waals surface area (Å²) in [5, 5.41) is 6.30. The van der Waals surface area contributed by atoms with E-state index in [1.54, 1.807) is 11.3 Å². The highest BCUT2D eigenvalue weighted by Gasteiger charge is 2.10. The molecule has 1 aromatic carbocycles. The largest absolute Gasteiger partial charge is 0.384 e. The number of anilines is 1. The van der Waals surface area contributed by atoms with Gasteiger partial charge in [0.05, 0.1) is 12.1 Å². The lowest BCUT2D eigenvalue weighted by Crippen LogP contribution is -2.23. The second kappa shape index (κ2) is 7.84. The summed E-state index contributed by atoms with van der Waals surface area (Å²) < 4.78 is 0. The Morgan fingerprint density at radius 2 is 1.86 bits per heavy atom. The van der Waals surface area contributed by atoms with Gasteiger partial charge in [0.15, 0.2) is 0 Å². The number of hydrogen-bond donors (Lipinski definition) is 2. The molecule has 21 heavy (non-hydrogen) atoms. The van der Waals surface area contributed by atoms with E-state index in [-0.39, 0.29) is 5.91 Å². The molecule has 1 amide bonds. The van der Waals surface area contributed by atoms with E-state index in [4.69, 9.17) is 0 Å². The molecule has 0 spiro atoms. The molecule has 0 fully saturated rings. The van der Waals surface area contributed by atoms with E-state index in [0.717, 1.165) is 25.1 Å². The molecule has 2 aromatic rings. The molecule has 3 nitrogen and oxygen atoms in total. The van der Waals surface area contributed by atoms with E-state index in [2.05, 4.69) is 36.6 Å². The Kier molecular flexibility index (Phi) is 5.81. The van der Waals surface area contributed by atoms with Gasteiger partial charge in [-0.2, -0.15) is 0 Å². The van der Waals surface area contributed by atoms with Crippen molar-refractivity contribution in [3.63, 3.8) is 0 Å². The van der Waals surface area contributed by atoms with E-state index < -0.39 is 0 Å². The Bertz CT molecular complexity index is 592. The average Bonchev–Trinajstić information content (AvgIpc) is 2.99. The number of benzene rings is 1. The van der Waals surface area contributed by atoms with E-state index in [0.29, 0.717) is 12.1 Å². The van der Waals surface area contributed by atoms with Crippen LogP contribution in [0.15, 0.2) is 36.4 Å².